The van der Waals surface area contributed by atoms with Crippen molar-refractivity contribution in [1.82, 2.24) is 25.5 Å². The Morgan fingerprint density at radius 2 is 1.77 bits per heavy atom. The average Bonchev–Trinajstić information content (AvgIpc) is 2.78. The van der Waals surface area contributed by atoms with Gasteiger partial charge in [-0.2, -0.15) is 0 Å². The van der Waals surface area contributed by atoms with Gasteiger partial charge >= 0.3 is 6.03 Å². The molecule has 9 nitrogen and oxygen atoms in total. The van der Waals surface area contributed by atoms with E-state index in [1.165, 1.54) is 0 Å². The molecule has 0 radical (unpaired) electrons. The Kier molecular flexibility index (Phi) is 8.03. The van der Waals surface area contributed by atoms with Crippen LogP contribution in [0, 0.1) is 0 Å². The number of nitrogens with one attached hydrogen (secondary N) is 3. The minimum Gasteiger partial charge on any atom is -0.357 e. The number of carbonyl (C=O) groups excluding carboxylic acids is 1. The highest BCUT2D eigenvalue weighted by atomic mass is 16.2. The third kappa shape index (κ3) is 6.84. The largest absolute Gasteiger partial charge is 0.357 e. The molecule has 2 aromatic rings. The normalized spacial score (nSPS) is 14.5. The molecular formula is C22H32N8O. The maximum absolute atomic E-state index is 11.8. The average molecular weight is 425 g/mol. The zero-order chi connectivity index (χ0) is 22.1. The highest BCUT2D eigenvalue weighted by Crippen LogP contribution is 2.12. The third-order valence-electron chi connectivity index (χ3n) is 4.79. The number of urea groups is 1. The number of aliphatic imine (C=N–C) groups is 1. The van der Waals surface area contributed by atoms with E-state index < -0.39 is 0 Å². The van der Waals surface area contributed by atoms with E-state index in [0.29, 0.717) is 6.54 Å². The predicted molar refractivity (Wildman–Crippen MR) is 124 cm³/mol. The maximum atomic E-state index is 11.8. The van der Waals surface area contributed by atoms with Crippen LogP contribution in [0.1, 0.15) is 26.3 Å². The van der Waals surface area contributed by atoms with Crippen LogP contribution >= 0.6 is 0 Å². The van der Waals surface area contributed by atoms with Crippen LogP contribution in [0.2, 0.25) is 0 Å². The summed E-state index contributed by atoms with van der Waals surface area (Å²) in [6.45, 7) is 10.7. The fourth-order valence-electron chi connectivity index (χ4n) is 3.29. The number of amides is 2. The van der Waals surface area contributed by atoms with Crippen LogP contribution in [0.25, 0.3) is 0 Å². The first kappa shape index (κ1) is 22.3. The van der Waals surface area contributed by atoms with E-state index in [2.05, 4.69) is 42.6 Å². The van der Waals surface area contributed by atoms with Gasteiger partial charge in [0, 0.05) is 56.8 Å². The Hall–Kier alpha value is -3.36. The molecule has 0 unspecified atom stereocenters. The number of benzene rings is 1. The first-order valence-corrected chi connectivity index (χ1v) is 10.8. The second-order valence-corrected chi connectivity index (χ2v) is 7.64. The molecule has 9 heteroatoms. The minimum absolute atomic E-state index is 0.0974. The van der Waals surface area contributed by atoms with Crippen LogP contribution in [0.5, 0.6) is 0 Å². The second-order valence-electron chi connectivity index (χ2n) is 7.64. The summed E-state index contributed by atoms with van der Waals surface area (Å²) >= 11 is 0. The van der Waals surface area contributed by atoms with E-state index in [-0.39, 0.29) is 12.1 Å². The van der Waals surface area contributed by atoms with Gasteiger partial charge in [-0.05, 0) is 44.5 Å². The summed E-state index contributed by atoms with van der Waals surface area (Å²) < 4.78 is 0. The molecule has 1 fully saturated rings. The van der Waals surface area contributed by atoms with Crippen LogP contribution in [-0.4, -0.2) is 65.6 Å². The minimum atomic E-state index is -0.199. The van der Waals surface area contributed by atoms with Crippen molar-refractivity contribution in [2.24, 2.45) is 4.99 Å². The molecule has 2 heterocycles. The Balaban J connectivity index is 1.55. The van der Waals surface area contributed by atoms with Gasteiger partial charge in [-0.15, -0.1) is 0 Å². The monoisotopic (exact) mass is 424 g/mol. The Bertz CT molecular complexity index is 846. The first-order valence-electron chi connectivity index (χ1n) is 10.8. The molecule has 3 N–H and O–H groups in total. The summed E-state index contributed by atoms with van der Waals surface area (Å²) in [4.78, 5) is 29.8. The Morgan fingerprint density at radius 3 is 2.39 bits per heavy atom. The van der Waals surface area contributed by atoms with Crippen LogP contribution in [0.4, 0.5) is 16.4 Å². The smallest absolute Gasteiger partial charge is 0.319 e. The van der Waals surface area contributed by atoms with E-state index in [9.17, 15) is 4.79 Å². The molecular weight excluding hydrogens is 392 g/mol. The van der Waals surface area contributed by atoms with Gasteiger partial charge in [0.05, 0.1) is 6.54 Å². The van der Waals surface area contributed by atoms with E-state index in [0.717, 1.165) is 55.9 Å². The molecule has 0 aliphatic carbocycles. The quantitative estimate of drug-likeness (QED) is 0.486. The SMILES string of the molecule is CCNC(=NCc1ccc(NC(=O)NC(C)C)cc1)N1CCN(c2ncccn2)CC1. The van der Waals surface area contributed by atoms with E-state index >= 15 is 0 Å². The highest BCUT2D eigenvalue weighted by Gasteiger charge is 2.21. The zero-order valence-electron chi connectivity index (χ0n) is 18.5. The molecule has 1 aliphatic rings. The third-order valence-corrected chi connectivity index (χ3v) is 4.79. The van der Waals surface area contributed by atoms with Gasteiger partial charge in [0.1, 0.15) is 0 Å². The number of guanidine groups is 1. The summed E-state index contributed by atoms with van der Waals surface area (Å²) in [6, 6.07) is 9.51. The van der Waals surface area contributed by atoms with Gasteiger partial charge in [-0.1, -0.05) is 12.1 Å². The van der Waals surface area contributed by atoms with E-state index in [1.807, 2.05) is 44.2 Å². The lowest BCUT2D eigenvalue weighted by atomic mass is 10.2. The van der Waals surface area contributed by atoms with Gasteiger partial charge in [-0.3, -0.25) is 0 Å². The maximum Gasteiger partial charge on any atom is 0.319 e. The number of hydrogen-bond donors (Lipinski definition) is 3. The fraction of sp³-hybridized carbons (Fsp3) is 0.455. The standard InChI is InChI=1S/C22H32N8O/c1-4-23-20(29-12-14-30(15-13-29)21-24-10-5-11-25-21)26-16-18-6-8-19(9-7-18)28-22(31)27-17(2)3/h5-11,17H,4,12-16H2,1-3H3,(H,23,26)(H2,27,28,31). The number of hydrogen-bond acceptors (Lipinski definition) is 5. The molecule has 0 saturated carbocycles. The van der Waals surface area contributed by atoms with Gasteiger partial charge in [-0.25, -0.2) is 19.8 Å². The van der Waals surface area contributed by atoms with Crippen molar-refractivity contribution in [1.29, 1.82) is 0 Å². The second kappa shape index (κ2) is 11.1. The number of carbonyl (C=O) groups is 1. The molecule has 166 valence electrons. The Labute approximate surface area is 184 Å². The summed E-state index contributed by atoms with van der Waals surface area (Å²) in [5.41, 5.74) is 1.85. The molecule has 1 saturated heterocycles. The van der Waals surface area contributed by atoms with Crippen molar-refractivity contribution in [3.8, 4) is 0 Å². The molecule has 0 atom stereocenters. The number of piperazine rings is 1. The topological polar surface area (TPSA) is 97.8 Å². The Morgan fingerprint density at radius 1 is 1.10 bits per heavy atom. The van der Waals surface area contributed by atoms with Crippen LogP contribution in [0.15, 0.2) is 47.7 Å². The molecule has 0 bridgehead atoms. The zero-order valence-corrected chi connectivity index (χ0v) is 18.5. The van der Waals surface area contributed by atoms with Crippen molar-refractivity contribution in [3.63, 3.8) is 0 Å². The fourth-order valence-corrected chi connectivity index (χ4v) is 3.29. The first-order chi connectivity index (χ1) is 15.0. The highest BCUT2D eigenvalue weighted by molar-refractivity contribution is 5.89. The molecule has 3 rings (SSSR count). The number of rotatable bonds is 6. The van der Waals surface area contributed by atoms with Crippen LogP contribution in [-0.2, 0) is 6.54 Å². The number of nitrogens with zero attached hydrogens (tertiary/aromatic N) is 5. The molecule has 1 aromatic carbocycles. The van der Waals surface area contributed by atoms with Crippen LogP contribution in [0.3, 0.4) is 0 Å². The van der Waals surface area contributed by atoms with Crippen LogP contribution < -0.4 is 20.9 Å². The number of aromatic nitrogens is 2. The summed E-state index contributed by atoms with van der Waals surface area (Å²) in [5, 5.41) is 9.04. The van der Waals surface area contributed by atoms with Gasteiger partial charge < -0.3 is 25.8 Å². The molecule has 1 aliphatic heterocycles. The lowest BCUT2D eigenvalue weighted by Crippen LogP contribution is -2.52. The van der Waals surface area contributed by atoms with Gasteiger partial charge in [0.2, 0.25) is 5.95 Å². The van der Waals surface area contributed by atoms with Crippen molar-refractivity contribution >= 4 is 23.6 Å². The van der Waals surface area contributed by atoms with Crippen molar-refractivity contribution < 1.29 is 4.79 Å². The summed E-state index contributed by atoms with van der Waals surface area (Å²) in [7, 11) is 0. The summed E-state index contributed by atoms with van der Waals surface area (Å²) in [5.74, 6) is 1.69. The predicted octanol–water partition coefficient (Wildman–Crippen LogP) is 2.29. The van der Waals surface area contributed by atoms with E-state index in [1.54, 1.807) is 12.4 Å². The van der Waals surface area contributed by atoms with E-state index in [4.69, 9.17) is 4.99 Å². The molecule has 1 aromatic heterocycles. The lowest BCUT2D eigenvalue weighted by Gasteiger charge is -2.36. The lowest BCUT2D eigenvalue weighted by molar-refractivity contribution is 0.250. The molecule has 0 spiro atoms. The molecule has 31 heavy (non-hydrogen) atoms. The van der Waals surface area contributed by atoms with Crippen molar-refractivity contribution in [2.75, 3.05) is 42.9 Å². The van der Waals surface area contributed by atoms with Crippen molar-refractivity contribution in [2.45, 2.75) is 33.4 Å². The molecule has 2 amide bonds. The van der Waals surface area contributed by atoms with Crippen molar-refractivity contribution in [3.05, 3.63) is 48.3 Å². The summed E-state index contributed by atoms with van der Waals surface area (Å²) in [6.07, 6.45) is 3.55. The number of anilines is 2. The van der Waals surface area contributed by atoms with Gasteiger partial charge in [0.15, 0.2) is 5.96 Å². The van der Waals surface area contributed by atoms with Gasteiger partial charge in [0.25, 0.3) is 0 Å².